The maximum atomic E-state index is 13.3. The summed E-state index contributed by atoms with van der Waals surface area (Å²) in [7, 11) is 4.62. The minimum Gasteiger partial charge on any atom is -0.493 e. The van der Waals surface area contributed by atoms with Gasteiger partial charge in [-0.25, -0.2) is 0 Å². The Morgan fingerprint density at radius 1 is 1.03 bits per heavy atom. The van der Waals surface area contributed by atoms with Gasteiger partial charge in [0.25, 0.3) is 5.91 Å². The van der Waals surface area contributed by atoms with Crippen LogP contribution in [-0.4, -0.2) is 57.7 Å². The Morgan fingerprint density at radius 3 is 2.21 bits per heavy atom. The molecule has 2 aromatic rings. The van der Waals surface area contributed by atoms with E-state index < -0.39 is 5.92 Å². The molecule has 0 saturated carbocycles. The van der Waals surface area contributed by atoms with Gasteiger partial charge in [-0.1, -0.05) is 37.0 Å². The van der Waals surface area contributed by atoms with Gasteiger partial charge in [-0.3, -0.25) is 9.59 Å². The average Bonchev–Trinajstić information content (AvgIpc) is 3.26. The molecule has 0 radical (unpaired) electrons. The summed E-state index contributed by atoms with van der Waals surface area (Å²) in [5.74, 6) is 0.646. The van der Waals surface area contributed by atoms with E-state index in [0.717, 1.165) is 5.56 Å². The van der Waals surface area contributed by atoms with Crippen LogP contribution in [0.15, 0.2) is 30.3 Å². The number of nitrogens with one attached hydrogen (secondary N) is 1. The van der Waals surface area contributed by atoms with Crippen molar-refractivity contribution in [3.63, 3.8) is 0 Å². The monoisotopic (exact) mass is 508 g/mol. The molecule has 34 heavy (non-hydrogen) atoms. The van der Waals surface area contributed by atoms with Crippen molar-refractivity contribution < 1.29 is 23.8 Å². The smallest absolute Gasteiger partial charge is 0.255 e. The fourth-order valence-corrected chi connectivity index (χ4v) is 4.65. The lowest BCUT2D eigenvalue weighted by Gasteiger charge is -2.21. The summed E-state index contributed by atoms with van der Waals surface area (Å²) < 4.78 is 16.5. The average molecular weight is 509 g/mol. The molecule has 1 heterocycles. The van der Waals surface area contributed by atoms with E-state index in [0.29, 0.717) is 46.8 Å². The Morgan fingerprint density at radius 2 is 1.68 bits per heavy atom. The Labute approximate surface area is 210 Å². The van der Waals surface area contributed by atoms with Gasteiger partial charge in [0.2, 0.25) is 11.7 Å². The zero-order valence-electron chi connectivity index (χ0n) is 20.0. The van der Waals surface area contributed by atoms with Gasteiger partial charge in [-0.05, 0) is 41.8 Å². The van der Waals surface area contributed by atoms with Gasteiger partial charge >= 0.3 is 0 Å². The van der Waals surface area contributed by atoms with E-state index in [-0.39, 0.29) is 29.3 Å². The molecule has 0 spiro atoms. The predicted octanol–water partition coefficient (Wildman–Crippen LogP) is 4.65. The van der Waals surface area contributed by atoms with E-state index in [1.165, 1.54) is 13.2 Å². The van der Waals surface area contributed by atoms with Crippen molar-refractivity contribution in [3.05, 3.63) is 51.5 Å². The van der Waals surface area contributed by atoms with Crippen LogP contribution in [0.2, 0.25) is 10.0 Å². The third-order valence-electron chi connectivity index (χ3n) is 5.91. The third-order valence-corrected chi connectivity index (χ3v) is 6.45. The minimum atomic E-state index is -0.461. The van der Waals surface area contributed by atoms with Crippen molar-refractivity contribution in [1.29, 1.82) is 0 Å². The fourth-order valence-electron chi connectivity index (χ4n) is 4.16. The lowest BCUT2D eigenvalue weighted by Crippen LogP contribution is -2.37. The maximum absolute atomic E-state index is 13.3. The first kappa shape index (κ1) is 26.0. The van der Waals surface area contributed by atoms with E-state index in [1.807, 2.05) is 26.0 Å². The van der Waals surface area contributed by atoms with Crippen molar-refractivity contribution in [1.82, 2.24) is 10.2 Å². The molecule has 0 aliphatic carbocycles. The molecule has 2 amide bonds. The van der Waals surface area contributed by atoms with Crippen LogP contribution >= 0.6 is 23.2 Å². The first-order chi connectivity index (χ1) is 16.2. The molecule has 1 aliphatic rings. The topological polar surface area (TPSA) is 77.1 Å². The normalized spacial score (nSPS) is 17.6. The lowest BCUT2D eigenvalue weighted by atomic mass is 9.87. The summed E-state index contributed by atoms with van der Waals surface area (Å²) in [6.07, 6.45) is 0. The Bertz CT molecular complexity index is 1030. The number of carbonyl (C=O) groups is 2. The van der Waals surface area contributed by atoms with Gasteiger partial charge in [-0.15, -0.1) is 0 Å². The molecule has 184 valence electrons. The Balaban J connectivity index is 1.99. The predicted molar refractivity (Wildman–Crippen MR) is 133 cm³/mol. The van der Waals surface area contributed by atoms with Crippen molar-refractivity contribution in [3.8, 4) is 17.2 Å². The molecule has 1 N–H and O–H groups in total. The number of carbonyl (C=O) groups excluding carboxylic acids is 2. The van der Waals surface area contributed by atoms with Crippen LogP contribution in [0.1, 0.15) is 35.7 Å². The quantitative estimate of drug-likeness (QED) is 0.561. The number of halogens is 2. The highest BCUT2D eigenvalue weighted by Gasteiger charge is 2.41. The molecular formula is C25H30Cl2N2O5. The van der Waals surface area contributed by atoms with Gasteiger partial charge in [0.15, 0.2) is 11.5 Å². The molecule has 1 saturated heterocycles. The summed E-state index contributed by atoms with van der Waals surface area (Å²) in [5.41, 5.74) is 1.16. The number of hydrogen-bond donors (Lipinski definition) is 1. The maximum Gasteiger partial charge on any atom is 0.255 e. The third kappa shape index (κ3) is 5.53. The lowest BCUT2D eigenvalue weighted by molar-refractivity contribution is -0.125. The van der Waals surface area contributed by atoms with Crippen molar-refractivity contribution in [2.45, 2.75) is 19.8 Å². The molecule has 3 rings (SSSR count). The summed E-state index contributed by atoms with van der Waals surface area (Å²) in [6, 6.07) is 8.43. The number of nitrogens with zero attached hydrogens (tertiary/aromatic N) is 1. The SMILES string of the molecule is COc1cc(C2CN(C(=O)c3ccc(Cl)cc3Cl)CC2C(=O)NCC(C)C)cc(OC)c1OC. The number of hydrogen-bond acceptors (Lipinski definition) is 5. The molecule has 2 aromatic carbocycles. The largest absolute Gasteiger partial charge is 0.493 e. The summed E-state index contributed by atoms with van der Waals surface area (Å²) in [4.78, 5) is 28.2. The van der Waals surface area contributed by atoms with E-state index in [9.17, 15) is 9.59 Å². The van der Waals surface area contributed by atoms with Crippen LogP contribution in [-0.2, 0) is 4.79 Å². The minimum absolute atomic E-state index is 0.107. The Kier molecular flexibility index (Phi) is 8.55. The highest BCUT2D eigenvalue weighted by molar-refractivity contribution is 6.36. The second-order valence-corrected chi connectivity index (χ2v) is 9.49. The molecule has 0 bridgehead atoms. The molecule has 7 nitrogen and oxygen atoms in total. The molecule has 2 atom stereocenters. The second kappa shape index (κ2) is 11.2. The van der Waals surface area contributed by atoms with Crippen LogP contribution in [0.25, 0.3) is 0 Å². The molecular weight excluding hydrogens is 479 g/mol. The first-order valence-electron chi connectivity index (χ1n) is 11.0. The summed E-state index contributed by atoms with van der Waals surface area (Å²) >= 11 is 12.3. The van der Waals surface area contributed by atoms with Crippen LogP contribution in [0.4, 0.5) is 0 Å². The highest BCUT2D eigenvalue weighted by Crippen LogP contribution is 2.43. The second-order valence-electron chi connectivity index (χ2n) is 8.64. The van der Waals surface area contributed by atoms with Crippen LogP contribution < -0.4 is 19.5 Å². The van der Waals surface area contributed by atoms with Crippen molar-refractivity contribution in [2.75, 3.05) is 41.0 Å². The van der Waals surface area contributed by atoms with Gasteiger partial charge in [0, 0.05) is 30.6 Å². The molecule has 0 aromatic heterocycles. The number of rotatable bonds is 8. The molecule has 1 fully saturated rings. The van der Waals surface area contributed by atoms with Crippen LogP contribution in [0, 0.1) is 11.8 Å². The van der Waals surface area contributed by atoms with Crippen LogP contribution in [0.5, 0.6) is 17.2 Å². The highest BCUT2D eigenvalue weighted by atomic mass is 35.5. The number of ether oxygens (including phenoxy) is 3. The summed E-state index contributed by atoms with van der Waals surface area (Å²) in [5, 5.41) is 3.74. The van der Waals surface area contributed by atoms with E-state index >= 15 is 0 Å². The fraction of sp³-hybridized carbons (Fsp3) is 0.440. The number of amides is 2. The zero-order valence-corrected chi connectivity index (χ0v) is 21.5. The van der Waals surface area contributed by atoms with E-state index in [2.05, 4.69) is 5.32 Å². The van der Waals surface area contributed by atoms with Gasteiger partial charge < -0.3 is 24.4 Å². The molecule has 9 heteroatoms. The van der Waals surface area contributed by atoms with Gasteiger partial charge in [-0.2, -0.15) is 0 Å². The van der Waals surface area contributed by atoms with E-state index in [4.69, 9.17) is 37.4 Å². The summed E-state index contributed by atoms with van der Waals surface area (Å²) in [6.45, 7) is 5.20. The van der Waals surface area contributed by atoms with Crippen LogP contribution in [0.3, 0.4) is 0 Å². The first-order valence-corrected chi connectivity index (χ1v) is 11.8. The molecule has 2 unspecified atom stereocenters. The molecule has 1 aliphatic heterocycles. The zero-order chi connectivity index (χ0) is 25.0. The van der Waals surface area contributed by atoms with Gasteiger partial charge in [0.05, 0.1) is 37.8 Å². The van der Waals surface area contributed by atoms with Gasteiger partial charge in [0.1, 0.15) is 0 Å². The number of benzene rings is 2. The number of methoxy groups -OCH3 is 3. The van der Waals surface area contributed by atoms with E-state index in [1.54, 1.807) is 31.3 Å². The standard InChI is InChI=1S/C25H30Cl2N2O5/c1-14(2)11-28-24(30)19-13-29(25(31)17-7-6-16(26)10-20(17)27)12-18(19)15-8-21(32-3)23(34-5)22(9-15)33-4/h6-10,14,18-19H,11-13H2,1-5H3,(H,28,30). The van der Waals surface area contributed by atoms with Crippen molar-refractivity contribution in [2.24, 2.45) is 11.8 Å². The number of likely N-dealkylation sites (tertiary alicyclic amines) is 1. The van der Waals surface area contributed by atoms with Crippen molar-refractivity contribution >= 4 is 35.0 Å². The Hall–Kier alpha value is -2.64.